The van der Waals surface area contributed by atoms with Crippen molar-refractivity contribution in [3.05, 3.63) is 70.4 Å². The summed E-state index contributed by atoms with van der Waals surface area (Å²) in [6.45, 7) is 1.18. The van der Waals surface area contributed by atoms with Gasteiger partial charge in [-0.2, -0.15) is 0 Å². The number of nitrogens with one attached hydrogen (secondary N) is 3. The molecule has 7 rings (SSSR count). The predicted molar refractivity (Wildman–Crippen MR) is 286 cm³/mol. The fraction of sp³-hybridized carbons (Fsp3) is 0.528. The molecule has 30 heteroatoms. The Balaban J connectivity index is 0.000000268. The standard InChI is InChI=1S/C27H30O16.C26H40N4O9S/c1-8-17(32)20(35)22(37)26(40-8)39-7-15-18(33)21(36)23(38)27(42-15)43-25-19(34)16-13(31)5-10(28)6-14(16)41-24(25)9-2-3-11(29)12(30)4-9;1-40(38,39)30-20(6-2-5-13-27)23(34)28-18(15-22(32)33)16-26(11-3-4-12-26)25(37)29-21(24(35)36)14-17-7-9-19(31)10-8-17/h2-6,8,15,17-18,20-23,26-33,35-38H,7H2,1H3;7-10,18,20-21,30-31H,2-6,11-16,27H2,1H3,(H,28,34)(H,29,37)(H,32,33)(H,35,36)/t8-,15+,17-,18+,20+,21-,22+,23+,26+,27-;18-,20-,21-/m00/s1. The molecule has 29 nitrogen and oxygen atoms in total. The molecule has 458 valence electrons. The van der Waals surface area contributed by atoms with E-state index < -0.39 is 177 Å². The van der Waals surface area contributed by atoms with Crippen molar-refractivity contribution < 1.29 is 117 Å². The van der Waals surface area contributed by atoms with Crippen LogP contribution in [0.25, 0.3) is 22.3 Å². The van der Waals surface area contributed by atoms with Crippen molar-refractivity contribution in [2.24, 2.45) is 11.1 Å². The maximum absolute atomic E-state index is 13.6. The molecule has 1 saturated carbocycles. The van der Waals surface area contributed by atoms with Gasteiger partial charge in [-0.25, -0.2) is 17.9 Å². The van der Waals surface area contributed by atoms with E-state index in [0.29, 0.717) is 50.6 Å². The number of fused-ring (bicyclic) bond motifs is 1. The number of rotatable bonds is 23. The van der Waals surface area contributed by atoms with Gasteiger partial charge in [-0.05, 0) is 81.5 Å². The van der Waals surface area contributed by atoms with Gasteiger partial charge in [0.15, 0.2) is 23.5 Å². The summed E-state index contributed by atoms with van der Waals surface area (Å²) in [4.78, 5) is 63.9. The van der Waals surface area contributed by atoms with E-state index in [4.69, 9.17) is 29.1 Å². The van der Waals surface area contributed by atoms with Gasteiger partial charge >= 0.3 is 11.9 Å². The number of amides is 2. The summed E-state index contributed by atoms with van der Waals surface area (Å²) in [6.07, 6.45) is -12.6. The van der Waals surface area contributed by atoms with Crippen molar-refractivity contribution >= 4 is 44.7 Å². The zero-order valence-electron chi connectivity index (χ0n) is 44.9. The van der Waals surface area contributed by atoms with E-state index >= 15 is 0 Å². The van der Waals surface area contributed by atoms with Gasteiger partial charge in [0, 0.05) is 30.2 Å². The Hall–Kier alpha value is -6.94. The van der Waals surface area contributed by atoms with Gasteiger partial charge in [-0.15, -0.1) is 0 Å². The van der Waals surface area contributed by atoms with Crippen molar-refractivity contribution in [3.63, 3.8) is 0 Å². The number of hydrogen-bond acceptors (Lipinski definition) is 24. The van der Waals surface area contributed by atoms with Crippen LogP contribution in [0.5, 0.6) is 34.5 Å². The Morgan fingerprint density at radius 2 is 1.41 bits per heavy atom. The summed E-state index contributed by atoms with van der Waals surface area (Å²) in [5.41, 5.74) is 3.62. The highest BCUT2D eigenvalue weighted by Crippen LogP contribution is 2.44. The van der Waals surface area contributed by atoms with Crippen molar-refractivity contribution in [1.82, 2.24) is 15.4 Å². The molecular formula is C53H70N4O25S. The molecule has 2 saturated heterocycles. The number of aliphatic hydroxyl groups excluding tert-OH is 6. The van der Waals surface area contributed by atoms with Gasteiger partial charge < -0.3 is 106 Å². The number of ether oxygens (including phenoxy) is 4. The molecule has 1 aliphatic carbocycles. The predicted octanol–water partition coefficient (Wildman–Crippen LogP) is -1.23. The number of carbonyl (C=O) groups excluding carboxylic acids is 2. The van der Waals surface area contributed by atoms with E-state index in [9.17, 15) is 98.8 Å². The van der Waals surface area contributed by atoms with Gasteiger partial charge in [0.05, 0.1) is 30.8 Å². The fourth-order valence-corrected chi connectivity index (χ4v) is 10.7. The lowest BCUT2D eigenvalue weighted by Crippen LogP contribution is -2.61. The van der Waals surface area contributed by atoms with E-state index in [-0.39, 0.29) is 36.2 Å². The second-order valence-corrected chi connectivity index (χ2v) is 22.5. The molecule has 4 aromatic rings. The minimum atomic E-state index is -3.75. The topological polar surface area (TPSA) is 495 Å². The summed E-state index contributed by atoms with van der Waals surface area (Å²) in [6, 6.07) is 7.74. The van der Waals surface area contributed by atoms with Gasteiger partial charge in [0.25, 0.3) is 0 Å². The number of sulfonamides is 1. The minimum absolute atomic E-state index is 0.0180. The maximum Gasteiger partial charge on any atom is 0.326 e. The molecular weight excluding hydrogens is 1120 g/mol. The Bertz CT molecular complexity index is 3090. The molecule has 13 atom stereocenters. The van der Waals surface area contributed by atoms with E-state index in [1.807, 2.05) is 0 Å². The quantitative estimate of drug-likeness (QED) is 0.0305. The molecule has 0 unspecified atom stereocenters. The third-order valence-electron chi connectivity index (χ3n) is 14.3. The maximum atomic E-state index is 13.6. The molecule has 3 fully saturated rings. The van der Waals surface area contributed by atoms with Gasteiger partial charge in [0.1, 0.15) is 83.0 Å². The highest BCUT2D eigenvalue weighted by atomic mass is 32.2. The third-order valence-corrected chi connectivity index (χ3v) is 15.0. The van der Waals surface area contributed by atoms with Crippen molar-refractivity contribution in [3.8, 4) is 45.8 Å². The molecule has 3 aromatic carbocycles. The summed E-state index contributed by atoms with van der Waals surface area (Å²) < 4.78 is 53.8. The first-order chi connectivity index (χ1) is 39.0. The SMILES string of the molecule is CS(=O)(=O)N[C@@H](CCCCN)C(=O)N[C@@H](CC(=O)O)CC1(C(=O)N[C@@H](Cc2ccc(O)cc2)C(=O)O)CCCC1.C[C@@H]1O[C@@H](OC[C@H]2O[C@@H](Oc3c(-c4ccc(O)c(O)c4)oc4cc(O)cc(O)c4c3=O)[C@H](O)[C@@H](O)[C@@H]2O)[C@H](O)[C@H](O)[C@H]1O. The Morgan fingerprint density at radius 1 is 0.759 bits per heavy atom. The number of nitrogens with two attached hydrogens (primary N) is 1. The molecule has 2 aliphatic heterocycles. The number of carbonyl (C=O) groups is 4. The van der Waals surface area contributed by atoms with Crippen LogP contribution in [0.4, 0.5) is 0 Å². The van der Waals surface area contributed by atoms with Crippen molar-refractivity contribution in [1.29, 1.82) is 0 Å². The van der Waals surface area contributed by atoms with E-state index in [0.717, 1.165) is 30.5 Å². The average molecular weight is 1200 g/mol. The molecule has 0 spiro atoms. The number of carboxylic acids is 2. The summed E-state index contributed by atoms with van der Waals surface area (Å²) in [7, 11) is -3.75. The molecule has 1 aromatic heterocycles. The number of aromatic hydroxyl groups is 5. The third kappa shape index (κ3) is 16.7. The van der Waals surface area contributed by atoms with Gasteiger partial charge in [0.2, 0.25) is 39.3 Å². The van der Waals surface area contributed by atoms with Crippen LogP contribution in [0, 0.1) is 5.41 Å². The summed E-state index contributed by atoms with van der Waals surface area (Å²) in [5.74, 6) is -7.04. The zero-order valence-corrected chi connectivity index (χ0v) is 45.7. The first kappa shape index (κ1) is 65.2. The van der Waals surface area contributed by atoms with Crippen LogP contribution >= 0.6 is 0 Å². The van der Waals surface area contributed by atoms with Crippen molar-refractivity contribution in [2.75, 3.05) is 19.4 Å². The minimum Gasteiger partial charge on any atom is -0.508 e. The van der Waals surface area contributed by atoms with Crippen LogP contribution in [0.1, 0.15) is 70.3 Å². The Labute approximate surface area is 473 Å². The molecule has 3 heterocycles. The van der Waals surface area contributed by atoms with Gasteiger partial charge in [-0.1, -0.05) is 31.4 Å². The number of hydrogen-bond donors (Lipinski definition) is 17. The van der Waals surface area contributed by atoms with Crippen LogP contribution in [-0.4, -0.2) is 198 Å². The van der Waals surface area contributed by atoms with Crippen LogP contribution in [0.3, 0.4) is 0 Å². The smallest absolute Gasteiger partial charge is 0.326 e. The lowest BCUT2D eigenvalue weighted by Gasteiger charge is -2.42. The normalized spacial score (nSPS) is 25.3. The molecule has 2 amide bonds. The highest BCUT2D eigenvalue weighted by Gasteiger charge is 2.49. The van der Waals surface area contributed by atoms with E-state index in [1.165, 1.54) is 25.1 Å². The fourth-order valence-electron chi connectivity index (χ4n) is 9.95. The molecule has 0 bridgehead atoms. The van der Waals surface area contributed by atoms with Gasteiger partial charge in [-0.3, -0.25) is 19.2 Å². The average Bonchev–Trinajstić information content (AvgIpc) is 2.75. The Morgan fingerprint density at radius 3 is 2.02 bits per heavy atom. The van der Waals surface area contributed by atoms with Crippen molar-refractivity contribution in [2.45, 2.75) is 151 Å². The zero-order chi connectivity index (χ0) is 61.2. The highest BCUT2D eigenvalue weighted by molar-refractivity contribution is 7.88. The number of aliphatic hydroxyl groups is 6. The van der Waals surface area contributed by atoms with E-state index in [1.54, 1.807) is 12.1 Å². The number of aliphatic carboxylic acids is 2. The molecule has 18 N–H and O–H groups in total. The number of phenols is 5. The number of unbranched alkanes of at least 4 members (excludes halogenated alkanes) is 1. The number of benzene rings is 3. The number of phenolic OH excluding ortho intramolecular Hbond substituents is 5. The first-order valence-electron chi connectivity index (χ1n) is 26.3. The van der Waals surface area contributed by atoms with Crippen LogP contribution < -0.4 is 31.3 Å². The lowest BCUT2D eigenvalue weighted by molar-refractivity contribution is -0.318. The molecule has 3 aliphatic rings. The molecule has 0 radical (unpaired) electrons. The second kappa shape index (κ2) is 28.1. The van der Waals surface area contributed by atoms with Crippen LogP contribution in [-0.2, 0) is 49.8 Å². The monoisotopic (exact) mass is 1190 g/mol. The van der Waals surface area contributed by atoms with E-state index in [2.05, 4.69) is 15.4 Å². The lowest BCUT2D eigenvalue weighted by atomic mass is 9.78. The largest absolute Gasteiger partial charge is 0.508 e. The first-order valence-corrected chi connectivity index (χ1v) is 28.2. The summed E-state index contributed by atoms with van der Waals surface area (Å²) in [5, 5.41) is 135. The van der Waals surface area contributed by atoms with Crippen LogP contribution in [0.2, 0.25) is 0 Å². The molecule has 83 heavy (non-hydrogen) atoms. The Kier molecular flexibility index (Phi) is 22.1. The summed E-state index contributed by atoms with van der Waals surface area (Å²) >= 11 is 0. The van der Waals surface area contributed by atoms with Crippen LogP contribution in [0.15, 0.2) is 63.8 Å². The second-order valence-electron chi connectivity index (χ2n) is 20.7. The number of carboxylic acid groups (broad SMARTS) is 2.